The van der Waals surface area contributed by atoms with E-state index in [9.17, 15) is 8.42 Å². The average Bonchev–Trinajstić information content (AvgIpc) is 3.17. The van der Waals surface area contributed by atoms with E-state index < -0.39 is 9.84 Å². The number of ether oxygens (including phenoxy) is 1. The van der Waals surface area contributed by atoms with Gasteiger partial charge in [-0.1, -0.05) is 17.8 Å². The maximum absolute atomic E-state index is 11.5. The molecule has 0 spiro atoms. The topological polar surface area (TPSA) is 72.4 Å². The average molecular weight is 345 g/mol. The third-order valence-corrected chi connectivity index (χ3v) is 7.43. The fourth-order valence-corrected chi connectivity index (χ4v) is 5.53. The van der Waals surface area contributed by atoms with Crippen molar-refractivity contribution in [3.63, 3.8) is 0 Å². The molecular formula is C14H23N3O3S2. The summed E-state index contributed by atoms with van der Waals surface area (Å²) in [5.41, 5.74) is 0. The lowest BCUT2D eigenvalue weighted by atomic mass is 9.94. The van der Waals surface area contributed by atoms with Crippen LogP contribution >= 0.6 is 11.3 Å². The van der Waals surface area contributed by atoms with Crippen LogP contribution in [-0.2, 0) is 21.1 Å². The molecular weight excluding hydrogens is 322 g/mol. The van der Waals surface area contributed by atoms with Crippen molar-refractivity contribution in [1.29, 1.82) is 0 Å². The van der Waals surface area contributed by atoms with Crippen LogP contribution in [0.1, 0.15) is 30.7 Å². The summed E-state index contributed by atoms with van der Waals surface area (Å²) in [6.45, 7) is 2.22. The van der Waals surface area contributed by atoms with Crippen LogP contribution in [0.25, 0.3) is 0 Å². The van der Waals surface area contributed by atoms with E-state index >= 15 is 0 Å². The van der Waals surface area contributed by atoms with Gasteiger partial charge in [0, 0.05) is 26.0 Å². The molecule has 2 aliphatic rings. The third-order valence-electron chi connectivity index (χ3n) is 4.86. The summed E-state index contributed by atoms with van der Waals surface area (Å²) < 4.78 is 28.4. The second kappa shape index (κ2) is 6.51. The van der Waals surface area contributed by atoms with Crippen LogP contribution in [0, 0.1) is 11.8 Å². The van der Waals surface area contributed by atoms with Crippen molar-refractivity contribution in [2.75, 3.05) is 26.5 Å². The second-order valence-electron chi connectivity index (χ2n) is 6.44. The lowest BCUT2D eigenvalue weighted by Crippen LogP contribution is -2.40. The van der Waals surface area contributed by atoms with E-state index in [0.29, 0.717) is 19.2 Å². The lowest BCUT2D eigenvalue weighted by molar-refractivity contribution is 0.0884. The van der Waals surface area contributed by atoms with Crippen molar-refractivity contribution in [3.8, 4) is 0 Å². The minimum Gasteiger partial charge on any atom is -0.383 e. The van der Waals surface area contributed by atoms with E-state index in [0.717, 1.165) is 23.4 Å². The van der Waals surface area contributed by atoms with Gasteiger partial charge in [-0.3, -0.25) is 4.90 Å². The third kappa shape index (κ3) is 3.50. The Balaban J connectivity index is 1.71. The zero-order valence-corrected chi connectivity index (χ0v) is 14.7. The minimum absolute atomic E-state index is 0.113. The van der Waals surface area contributed by atoms with Crippen molar-refractivity contribution >= 4 is 21.2 Å². The zero-order valence-electron chi connectivity index (χ0n) is 13.1. The molecule has 3 atom stereocenters. The largest absolute Gasteiger partial charge is 0.383 e. The predicted molar refractivity (Wildman–Crippen MR) is 84.5 cm³/mol. The Morgan fingerprint density at radius 2 is 2.14 bits per heavy atom. The Kier molecular flexibility index (Phi) is 4.82. The number of aromatic nitrogens is 2. The van der Waals surface area contributed by atoms with Gasteiger partial charge in [-0.25, -0.2) is 8.42 Å². The molecule has 0 unspecified atom stereocenters. The van der Waals surface area contributed by atoms with Gasteiger partial charge in [-0.05, 0) is 31.1 Å². The van der Waals surface area contributed by atoms with Gasteiger partial charge in [0.1, 0.15) is 5.01 Å². The lowest BCUT2D eigenvalue weighted by Gasteiger charge is -2.33. The Bertz CT molecular complexity index is 617. The first-order valence-electron chi connectivity index (χ1n) is 7.73. The van der Waals surface area contributed by atoms with Crippen LogP contribution in [0.15, 0.2) is 4.34 Å². The van der Waals surface area contributed by atoms with Crippen molar-refractivity contribution in [2.45, 2.75) is 42.6 Å². The molecule has 1 heterocycles. The molecule has 0 N–H and O–H groups in total. The second-order valence-corrected chi connectivity index (χ2v) is 9.69. The maximum atomic E-state index is 11.5. The molecule has 0 saturated heterocycles. The summed E-state index contributed by atoms with van der Waals surface area (Å²) >= 11 is 1.19. The summed E-state index contributed by atoms with van der Waals surface area (Å²) in [6, 6.07) is 0.583. The van der Waals surface area contributed by atoms with E-state index in [2.05, 4.69) is 15.1 Å². The predicted octanol–water partition coefficient (Wildman–Crippen LogP) is 1.58. The standard InChI is InChI=1S/C14H23N3O3S2/c1-20-6-5-17(12-8-10-3-4-11(12)7-10)9-13-15-16-14(21-13)22(2,18)19/h10-12H,3-9H2,1-2H3/t10-,11-,12+/m0/s1. The van der Waals surface area contributed by atoms with Crippen LogP contribution in [-0.4, -0.2) is 56.1 Å². The molecule has 22 heavy (non-hydrogen) atoms. The van der Waals surface area contributed by atoms with E-state index in [-0.39, 0.29) is 4.34 Å². The first-order chi connectivity index (χ1) is 10.5. The smallest absolute Gasteiger partial charge is 0.232 e. The molecule has 2 fully saturated rings. The highest BCUT2D eigenvalue weighted by molar-refractivity contribution is 7.92. The summed E-state index contributed by atoms with van der Waals surface area (Å²) in [6.07, 6.45) is 6.47. The molecule has 0 aliphatic heterocycles. The normalized spacial score (nSPS) is 27.9. The molecule has 6 nitrogen and oxygen atoms in total. The fraction of sp³-hybridized carbons (Fsp3) is 0.857. The molecule has 1 aromatic rings. The van der Waals surface area contributed by atoms with Crippen molar-refractivity contribution in [2.24, 2.45) is 11.8 Å². The summed E-state index contributed by atoms with van der Waals surface area (Å²) in [4.78, 5) is 2.42. The van der Waals surface area contributed by atoms with Crippen LogP contribution < -0.4 is 0 Å². The highest BCUT2D eigenvalue weighted by Crippen LogP contribution is 2.46. The van der Waals surface area contributed by atoms with E-state index in [1.54, 1.807) is 7.11 Å². The number of sulfone groups is 1. The highest BCUT2D eigenvalue weighted by Gasteiger charge is 2.42. The molecule has 8 heteroatoms. The molecule has 0 amide bonds. The molecule has 0 aromatic carbocycles. The highest BCUT2D eigenvalue weighted by atomic mass is 32.2. The van der Waals surface area contributed by atoms with Crippen LogP contribution in [0.5, 0.6) is 0 Å². The number of nitrogens with zero attached hydrogens (tertiary/aromatic N) is 3. The minimum atomic E-state index is -3.26. The van der Waals surface area contributed by atoms with E-state index in [4.69, 9.17) is 4.74 Å². The Labute approximate surface area is 135 Å². The van der Waals surface area contributed by atoms with Crippen molar-refractivity contribution < 1.29 is 13.2 Å². The van der Waals surface area contributed by atoms with Crippen molar-refractivity contribution in [3.05, 3.63) is 5.01 Å². The van der Waals surface area contributed by atoms with Gasteiger partial charge < -0.3 is 4.74 Å². The number of methoxy groups -OCH3 is 1. The summed E-state index contributed by atoms with van der Waals surface area (Å²) in [5.74, 6) is 1.66. The molecule has 0 radical (unpaired) electrons. The molecule has 3 rings (SSSR count). The summed E-state index contributed by atoms with van der Waals surface area (Å²) in [5, 5.41) is 8.67. The van der Waals surface area contributed by atoms with E-state index in [1.807, 2.05) is 0 Å². The number of hydrogen-bond acceptors (Lipinski definition) is 7. The van der Waals surface area contributed by atoms with Gasteiger partial charge in [0.25, 0.3) is 0 Å². The molecule has 2 aliphatic carbocycles. The fourth-order valence-electron chi connectivity index (χ4n) is 3.85. The van der Waals surface area contributed by atoms with Gasteiger partial charge in [0.15, 0.2) is 0 Å². The summed E-state index contributed by atoms with van der Waals surface area (Å²) in [7, 11) is -1.55. The molecule has 2 saturated carbocycles. The molecule has 1 aromatic heterocycles. The van der Waals surface area contributed by atoms with Crippen LogP contribution in [0.3, 0.4) is 0 Å². The Hall–Kier alpha value is -0.570. The maximum Gasteiger partial charge on any atom is 0.232 e. The monoisotopic (exact) mass is 345 g/mol. The van der Waals surface area contributed by atoms with Gasteiger partial charge in [-0.2, -0.15) is 0 Å². The van der Waals surface area contributed by atoms with Gasteiger partial charge in [-0.15, -0.1) is 10.2 Å². The quantitative estimate of drug-likeness (QED) is 0.747. The first kappa shape index (κ1) is 16.3. The Morgan fingerprint density at radius 1 is 1.32 bits per heavy atom. The molecule has 124 valence electrons. The number of rotatable bonds is 7. The van der Waals surface area contributed by atoms with E-state index in [1.165, 1.54) is 43.3 Å². The van der Waals surface area contributed by atoms with Crippen LogP contribution in [0.2, 0.25) is 0 Å². The SMILES string of the molecule is COCCN(Cc1nnc(S(C)(=O)=O)s1)[C@@H]1C[C@H]2CC[C@H]1C2. The number of hydrogen-bond donors (Lipinski definition) is 0. The first-order valence-corrected chi connectivity index (χ1v) is 10.4. The Morgan fingerprint density at radius 3 is 2.68 bits per heavy atom. The van der Waals surface area contributed by atoms with Gasteiger partial charge in [0.2, 0.25) is 14.2 Å². The van der Waals surface area contributed by atoms with Crippen molar-refractivity contribution in [1.82, 2.24) is 15.1 Å². The van der Waals surface area contributed by atoms with Gasteiger partial charge in [0.05, 0.1) is 13.2 Å². The number of fused-ring (bicyclic) bond motifs is 2. The van der Waals surface area contributed by atoms with Crippen LogP contribution in [0.4, 0.5) is 0 Å². The zero-order chi connectivity index (χ0) is 15.7. The molecule has 2 bridgehead atoms. The van der Waals surface area contributed by atoms with Gasteiger partial charge >= 0.3 is 0 Å².